The molecular formula is C9H15F3N2O. The molecule has 0 saturated heterocycles. The van der Waals surface area contributed by atoms with Crippen LogP contribution in [-0.4, -0.2) is 31.7 Å². The summed E-state index contributed by atoms with van der Waals surface area (Å²) in [6, 6.07) is 0. The highest BCUT2D eigenvalue weighted by Gasteiger charge is 2.27. The van der Waals surface area contributed by atoms with E-state index in [9.17, 15) is 18.0 Å². The summed E-state index contributed by atoms with van der Waals surface area (Å²) in [4.78, 5) is 10.8. The third-order valence-corrected chi connectivity index (χ3v) is 1.43. The van der Waals surface area contributed by atoms with Crippen LogP contribution >= 0.6 is 0 Å². The van der Waals surface area contributed by atoms with E-state index >= 15 is 0 Å². The summed E-state index contributed by atoms with van der Waals surface area (Å²) in [5, 5.41) is 4.46. The summed E-state index contributed by atoms with van der Waals surface area (Å²) in [7, 11) is 0. The van der Waals surface area contributed by atoms with Crippen molar-refractivity contribution in [3.8, 4) is 0 Å². The Morgan fingerprint density at radius 3 is 2.40 bits per heavy atom. The molecule has 0 bridgehead atoms. The molecule has 1 amide bonds. The van der Waals surface area contributed by atoms with Gasteiger partial charge in [-0.15, -0.1) is 0 Å². The molecule has 0 aromatic heterocycles. The molecule has 3 nitrogen and oxygen atoms in total. The Balaban J connectivity index is 3.55. The highest BCUT2D eigenvalue weighted by Crippen LogP contribution is 2.11. The van der Waals surface area contributed by atoms with Gasteiger partial charge in [0.05, 0.1) is 6.54 Å². The zero-order valence-electron chi connectivity index (χ0n) is 8.74. The molecule has 0 aromatic carbocycles. The number of hydrogen-bond acceptors (Lipinski definition) is 2. The van der Waals surface area contributed by atoms with Crippen molar-refractivity contribution in [1.82, 2.24) is 10.6 Å². The van der Waals surface area contributed by atoms with Gasteiger partial charge < -0.3 is 10.6 Å². The average molecular weight is 224 g/mol. The number of alkyl halides is 3. The van der Waals surface area contributed by atoms with Crippen molar-refractivity contribution in [3.63, 3.8) is 0 Å². The first-order valence-corrected chi connectivity index (χ1v) is 4.49. The van der Waals surface area contributed by atoms with E-state index in [0.717, 1.165) is 5.57 Å². The van der Waals surface area contributed by atoms with Crippen LogP contribution in [-0.2, 0) is 4.79 Å². The van der Waals surface area contributed by atoms with E-state index in [1.165, 1.54) is 0 Å². The highest BCUT2D eigenvalue weighted by atomic mass is 19.4. The highest BCUT2D eigenvalue weighted by molar-refractivity contribution is 5.78. The molecule has 0 atom stereocenters. The Morgan fingerprint density at radius 2 is 1.93 bits per heavy atom. The normalized spacial score (nSPS) is 11.0. The van der Waals surface area contributed by atoms with Crippen LogP contribution in [0.15, 0.2) is 11.6 Å². The molecule has 0 saturated carbocycles. The number of halogens is 3. The fourth-order valence-electron chi connectivity index (χ4n) is 0.723. The molecule has 0 aliphatic rings. The maximum atomic E-state index is 11.7. The third kappa shape index (κ3) is 10.9. The van der Waals surface area contributed by atoms with Crippen LogP contribution in [0.4, 0.5) is 13.2 Å². The van der Waals surface area contributed by atoms with Gasteiger partial charge in [-0.1, -0.05) is 11.6 Å². The van der Waals surface area contributed by atoms with Gasteiger partial charge in [0.2, 0.25) is 5.91 Å². The Bertz CT molecular complexity index is 232. The fraction of sp³-hybridized carbons (Fsp3) is 0.667. The smallest absolute Gasteiger partial charge is 0.346 e. The first-order valence-electron chi connectivity index (χ1n) is 4.49. The van der Waals surface area contributed by atoms with E-state index in [1.54, 1.807) is 5.32 Å². The molecule has 15 heavy (non-hydrogen) atoms. The Labute approximate surface area is 86.7 Å². The number of allylic oxidation sites excluding steroid dienone is 1. The Morgan fingerprint density at radius 1 is 1.33 bits per heavy atom. The second-order valence-electron chi connectivity index (χ2n) is 3.30. The van der Waals surface area contributed by atoms with Gasteiger partial charge >= 0.3 is 6.18 Å². The van der Waals surface area contributed by atoms with Crippen LogP contribution in [0.25, 0.3) is 0 Å². The van der Waals surface area contributed by atoms with E-state index in [1.807, 2.05) is 19.9 Å². The molecule has 88 valence electrons. The summed E-state index contributed by atoms with van der Waals surface area (Å²) < 4.78 is 35.0. The third-order valence-electron chi connectivity index (χ3n) is 1.43. The predicted octanol–water partition coefficient (Wildman–Crippen LogP) is 1.22. The van der Waals surface area contributed by atoms with E-state index in [4.69, 9.17) is 0 Å². The van der Waals surface area contributed by atoms with E-state index < -0.39 is 18.6 Å². The topological polar surface area (TPSA) is 41.1 Å². The minimum atomic E-state index is -4.35. The van der Waals surface area contributed by atoms with Gasteiger partial charge in [0.1, 0.15) is 6.54 Å². The molecule has 0 unspecified atom stereocenters. The van der Waals surface area contributed by atoms with Crippen LogP contribution < -0.4 is 10.6 Å². The molecule has 6 heteroatoms. The summed E-state index contributed by atoms with van der Waals surface area (Å²) in [6.45, 7) is 2.87. The fourth-order valence-corrected chi connectivity index (χ4v) is 0.723. The zero-order chi connectivity index (χ0) is 11.9. The number of rotatable bonds is 5. The molecule has 0 heterocycles. The Kier molecular flexibility index (Phi) is 6.00. The molecule has 0 fully saturated rings. The molecular weight excluding hydrogens is 209 g/mol. The molecule has 0 spiro atoms. The van der Waals surface area contributed by atoms with E-state index in [-0.39, 0.29) is 6.54 Å². The van der Waals surface area contributed by atoms with Gasteiger partial charge in [0.25, 0.3) is 0 Å². The lowest BCUT2D eigenvalue weighted by atomic mass is 10.3. The molecule has 0 aliphatic carbocycles. The van der Waals surface area contributed by atoms with Crippen LogP contribution in [0.1, 0.15) is 13.8 Å². The SMILES string of the molecule is CC(C)=CCNCC(=O)NCC(F)(F)F. The van der Waals surface area contributed by atoms with Crippen molar-refractivity contribution in [2.75, 3.05) is 19.6 Å². The van der Waals surface area contributed by atoms with Crippen molar-refractivity contribution in [1.29, 1.82) is 0 Å². The van der Waals surface area contributed by atoms with Crippen LogP contribution in [0, 0.1) is 0 Å². The summed E-state index contributed by atoms with van der Waals surface area (Å²) in [5.41, 5.74) is 1.08. The van der Waals surface area contributed by atoms with Gasteiger partial charge in [0, 0.05) is 6.54 Å². The van der Waals surface area contributed by atoms with Crippen molar-refractivity contribution >= 4 is 5.91 Å². The Hall–Kier alpha value is -1.04. The first-order chi connectivity index (χ1) is 6.81. The monoisotopic (exact) mass is 224 g/mol. The van der Waals surface area contributed by atoms with E-state index in [2.05, 4.69) is 5.32 Å². The number of nitrogens with one attached hydrogen (secondary N) is 2. The van der Waals surface area contributed by atoms with Crippen LogP contribution in [0.5, 0.6) is 0 Å². The first kappa shape index (κ1) is 14.0. The molecule has 2 N–H and O–H groups in total. The second kappa shape index (κ2) is 6.44. The number of amides is 1. The quantitative estimate of drug-likeness (QED) is 0.544. The van der Waals surface area contributed by atoms with Gasteiger partial charge in [0.15, 0.2) is 0 Å². The van der Waals surface area contributed by atoms with Gasteiger partial charge in [-0.3, -0.25) is 4.79 Å². The predicted molar refractivity (Wildman–Crippen MR) is 51.4 cm³/mol. The van der Waals surface area contributed by atoms with Crippen molar-refractivity contribution in [2.24, 2.45) is 0 Å². The number of hydrogen-bond donors (Lipinski definition) is 2. The number of carbonyl (C=O) groups is 1. The van der Waals surface area contributed by atoms with Crippen LogP contribution in [0.2, 0.25) is 0 Å². The van der Waals surface area contributed by atoms with Crippen molar-refractivity contribution in [2.45, 2.75) is 20.0 Å². The summed E-state index contributed by atoms with van der Waals surface area (Å²) in [6.07, 6.45) is -2.51. The lowest BCUT2D eigenvalue weighted by molar-refractivity contribution is -0.137. The van der Waals surface area contributed by atoms with E-state index in [0.29, 0.717) is 6.54 Å². The van der Waals surface area contributed by atoms with Crippen molar-refractivity contribution < 1.29 is 18.0 Å². The average Bonchev–Trinajstić information content (AvgIpc) is 2.07. The minimum Gasteiger partial charge on any atom is -0.346 e. The molecule has 0 radical (unpaired) electrons. The molecule has 0 rings (SSSR count). The van der Waals surface area contributed by atoms with Crippen molar-refractivity contribution in [3.05, 3.63) is 11.6 Å². The lowest BCUT2D eigenvalue weighted by Crippen LogP contribution is -2.39. The van der Waals surface area contributed by atoms with Gasteiger partial charge in [-0.2, -0.15) is 13.2 Å². The number of carbonyl (C=O) groups excluding carboxylic acids is 1. The zero-order valence-corrected chi connectivity index (χ0v) is 8.74. The molecule has 0 aliphatic heterocycles. The summed E-state index contributed by atoms with van der Waals surface area (Å²) in [5.74, 6) is -0.658. The molecule has 0 aromatic rings. The van der Waals surface area contributed by atoms with Gasteiger partial charge in [-0.05, 0) is 13.8 Å². The lowest BCUT2D eigenvalue weighted by Gasteiger charge is -2.08. The van der Waals surface area contributed by atoms with Crippen LogP contribution in [0.3, 0.4) is 0 Å². The maximum Gasteiger partial charge on any atom is 0.405 e. The van der Waals surface area contributed by atoms with Gasteiger partial charge in [-0.25, -0.2) is 0 Å². The maximum absolute atomic E-state index is 11.7. The largest absolute Gasteiger partial charge is 0.405 e. The minimum absolute atomic E-state index is 0.111. The standard InChI is InChI=1S/C9H15F3N2O/c1-7(2)3-4-13-5-8(15)14-6-9(10,11)12/h3,13H,4-6H2,1-2H3,(H,14,15). The second-order valence-corrected chi connectivity index (χ2v) is 3.30. The summed E-state index contributed by atoms with van der Waals surface area (Å²) >= 11 is 0.